The second-order valence-corrected chi connectivity index (χ2v) is 5.71. The Bertz CT molecular complexity index is 532. The van der Waals surface area contributed by atoms with Crippen LogP contribution in [-0.2, 0) is 23.8 Å². The van der Waals surface area contributed by atoms with Crippen LogP contribution in [0.1, 0.15) is 45.4 Å². The minimum absolute atomic E-state index is 0.0837. The molecule has 0 bridgehead atoms. The molecule has 0 aromatic rings. The Morgan fingerprint density at radius 1 is 1.20 bits per heavy atom. The highest BCUT2D eigenvalue weighted by Crippen LogP contribution is 2.25. The van der Waals surface area contributed by atoms with Crippen LogP contribution in [0.2, 0.25) is 0 Å². The zero-order valence-electron chi connectivity index (χ0n) is 14.7. The third-order valence-corrected chi connectivity index (χ3v) is 3.44. The van der Waals surface area contributed by atoms with E-state index in [1.807, 2.05) is 0 Å². The average molecular weight is 350 g/mol. The van der Waals surface area contributed by atoms with Crippen LogP contribution in [0.25, 0.3) is 0 Å². The molecule has 0 atom stereocenters. The highest BCUT2D eigenvalue weighted by molar-refractivity contribution is 5.86. The van der Waals surface area contributed by atoms with Crippen molar-refractivity contribution in [2.24, 2.45) is 0 Å². The van der Waals surface area contributed by atoms with Gasteiger partial charge in [-0.2, -0.15) is 0 Å². The van der Waals surface area contributed by atoms with Gasteiger partial charge >= 0.3 is 11.9 Å². The van der Waals surface area contributed by atoms with E-state index in [0.717, 1.165) is 56.1 Å². The van der Waals surface area contributed by atoms with E-state index in [1.165, 1.54) is 0 Å². The first-order valence-corrected chi connectivity index (χ1v) is 8.31. The lowest BCUT2D eigenvalue weighted by Gasteiger charge is -2.21. The molecule has 2 aliphatic carbocycles. The zero-order valence-corrected chi connectivity index (χ0v) is 14.7. The fraction of sp³-hybridized carbons (Fsp3) is 0.474. The van der Waals surface area contributed by atoms with E-state index < -0.39 is 18.2 Å². The zero-order chi connectivity index (χ0) is 18.7. The highest BCUT2D eigenvalue weighted by Gasteiger charge is 2.20. The van der Waals surface area contributed by atoms with E-state index >= 15 is 0 Å². The largest absolute Gasteiger partial charge is 0.478 e. The summed E-state index contributed by atoms with van der Waals surface area (Å²) in [5.41, 5.74) is 0.379. The molecule has 0 radical (unpaired) electrons. The van der Waals surface area contributed by atoms with E-state index in [9.17, 15) is 9.59 Å². The van der Waals surface area contributed by atoms with Crippen molar-refractivity contribution < 1.29 is 28.9 Å². The predicted octanol–water partition coefficient (Wildman–Crippen LogP) is 3.86. The summed E-state index contributed by atoms with van der Waals surface area (Å²) >= 11 is 0. The third-order valence-electron chi connectivity index (χ3n) is 3.44. The van der Waals surface area contributed by atoms with Crippen molar-refractivity contribution in [3.8, 4) is 0 Å². The van der Waals surface area contributed by atoms with Gasteiger partial charge in [0.25, 0.3) is 6.29 Å². The van der Waals surface area contributed by atoms with Crippen molar-refractivity contribution in [1.29, 1.82) is 0 Å². The van der Waals surface area contributed by atoms with Crippen LogP contribution in [0, 0.1) is 0 Å². The second kappa shape index (κ2) is 11.1. The normalized spacial score (nSPS) is 15.4. The number of esters is 1. The van der Waals surface area contributed by atoms with Gasteiger partial charge in [-0.05, 0) is 44.8 Å². The molecule has 25 heavy (non-hydrogen) atoms. The maximum absolute atomic E-state index is 11.5. The Morgan fingerprint density at radius 3 is 2.00 bits per heavy atom. The summed E-state index contributed by atoms with van der Waals surface area (Å²) < 4.78 is 16.7. The number of hydrogen-bond acceptors (Lipinski definition) is 5. The molecule has 0 saturated carbocycles. The van der Waals surface area contributed by atoms with Gasteiger partial charge < -0.3 is 19.3 Å². The van der Waals surface area contributed by atoms with Crippen molar-refractivity contribution in [3.63, 3.8) is 0 Å². The molecule has 2 rings (SSSR count). The van der Waals surface area contributed by atoms with Crippen LogP contribution < -0.4 is 0 Å². The Kier molecular flexibility index (Phi) is 9.14. The van der Waals surface area contributed by atoms with E-state index in [1.54, 1.807) is 6.92 Å². The number of ether oxygens (including phenoxy) is 3. The molecule has 0 heterocycles. The molecular formula is C19H26O6. The maximum atomic E-state index is 11.5. The van der Waals surface area contributed by atoms with Gasteiger partial charge in [0.15, 0.2) is 6.61 Å². The molecule has 138 valence electrons. The van der Waals surface area contributed by atoms with Crippen LogP contribution in [0.15, 0.2) is 48.5 Å². The minimum atomic E-state index is -0.981. The molecule has 0 aliphatic heterocycles. The van der Waals surface area contributed by atoms with Crippen LogP contribution in [0.3, 0.4) is 0 Å². The van der Waals surface area contributed by atoms with Crippen LogP contribution >= 0.6 is 0 Å². The summed E-state index contributed by atoms with van der Waals surface area (Å²) in [5.74, 6) is 0.466. The molecule has 0 unspecified atom stereocenters. The number of hydrogen-bond donors (Lipinski definition) is 1. The number of carboxylic acids is 1. The number of aliphatic carboxylic acids is 1. The standard InChI is InChI=1S/C16H22O4.C3H4O2/c1-12(2)16(17)18-11-15(19-13-7-3-4-8-13)20-14-9-5-6-10-14;1-2-3(4)5/h7,9,15H,1,3-6,8,10-11H2,2H3;2H,1H2,(H,4,5). The molecular weight excluding hydrogens is 324 g/mol. The third kappa shape index (κ3) is 8.79. The summed E-state index contributed by atoms with van der Waals surface area (Å²) in [6.45, 7) is 8.23. The van der Waals surface area contributed by atoms with Crippen molar-refractivity contribution in [1.82, 2.24) is 0 Å². The lowest BCUT2D eigenvalue weighted by atomic mass is 10.3. The summed E-state index contributed by atoms with van der Waals surface area (Å²) in [4.78, 5) is 20.7. The average Bonchev–Trinajstić information content (AvgIpc) is 3.26. The lowest BCUT2D eigenvalue weighted by Crippen LogP contribution is -2.25. The van der Waals surface area contributed by atoms with E-state index in [0.29, 0.717) is 5.57 Å². The van der Waals surface area contributed by atoms with E-state index in [2.05, 4.69) is 25.3 Å². The quantitative estimate of drug-likeness (QED) is 0.407. The SMILES string of the molecule is C=C(C)C(=O)OCC(OC1=CCCC1)OC1=CCCC1.C=CC(=O)O. The fourth-order valence-electron chi connectivity index (χ4n) is 2.19. The van der Waals surface area contributed by atoms with Gasteiger partial charge in [0, 0.05) is 24.5 Å². The van der Waals surface area contributed by atoms with Gasteiger partial charge in [0.2, 0.25) is 0 Å². The number of rotatable bonds is 8. The minimum Gasteiger partial charge on any atom is -0.478 e. The summed E-state index contributed by atoms with van der Waals surface area (Å²) in [6, 6.07) is 0. The molecule has 6 nitrogen and oxygen atoms in total. The van der Waals surface area contributed by atoms with Crippen molar-refractivity contribution in [2.45, 2.75) is 51.7 Å². The number of carbonyl (C=O) groups excluding carboxylic acids is 1. The van der Waals surface area contributed by atoms with Gasteiger partial charge in [0.05, 0.1) is 11.5 Å². The first kappa shape index (κ1) is 20.5. The number of allylic oxidation sites excluding steroid dienone is 4. The van der Waals surface area contributed by atoms with Crippen LogP contribution in [0.5, 0.6) is 0 Å². The number of carboxylic acid groups (broad SMARTS) is 1. The summed E-state index contributed by atoms with van der Waals surface area (Å²) in [7, 11) is 0. The first-order valence-electron chi connectivity index (χ1n) is 8.31. The van der Waals surface area contributed by atoms with E-state index in [-0.39, 0.29) is 6.61 Å². The van der Waals surface area contributed by atoms with Crippen molar-refractivity contribution in [3.05, 3.63) is 48.5 Å². The molecule has 6 heteroatoms. The van der Waals surface area contributed by atoms with Crippen LogP contribution in [0.4, 0.5) is 0 Å². The molecule has 0 saturated heterocycles. The Morgan fingerprint density at radius 2 is 1.68 bits per heavy atom. The predicted molar refractivity (Wildman–Crippen MR) is 93.4 cm³/mol. The molecule has 0 aromatic carbocycles. The highest BCUT2D eigenvalue weighted by atomic mass is 16.7. The van der Waals surface area contributed by atoms with Gasteiger partial charge in [-0.15, -0.1) is 0 Å². The molecule has 0 amide bonds. The van der Waals surface area contributed by atoms with E-state index in [4.69, 9.17) is 19.3 Å². The van der Waals surface area contributed by atoms with Gasteiger partial charge in [-0.25, -0.2) is 9.59 Å². The molecule has 0 fully saturated rings. The summed E-state index contributed by atoms with van der Waals surface area (Å²) in [5, 5.41) is 7.60. The first-order chi connectivity index (χ1) is 11.9. The smallest absolute Gasteiger partial charge is 0.333 e. The molecule has 1 N–H and O–H groups in total. The fourth-order valence-corrected chi connectivity index (χ4v) is 2.19. The van der Waals surface area contributed by atoms with Gasteiger partial charge in [-0.1, -0.05) is 13.2 Å². The lowest BCUT2D eigenvalue weighted by molar-refractivity contribution is -0.159. The van der Waals surface area contributed by atoms with Crippen LogP contribution in [-0.4, -0.2) is 29.9 Å². The topological polar surface area (TPSA) is 82.1 Å². The van der Waals surface area contributed by atoms with Crippen molar-refractivity contribution >= 4 is 11.9 Å². The van der Waals surface area contributed by atoms with Crippen molar-refractivity contribution in [2.75, 3.05) is 6.61 Å². The Hall–Kier alpha value is -2.50. The molecule has 0 aromatic heterocycles. The Labute approximate surface area is 148 Å². The second-order valence-electron chi connectivity index (χ2n) is 5.71. The number of carbonyl (C=O) groups is 2. The molecule has 2 aliphatic rings. The maximum Gasteiger partial charge on any atom is 0.333 e. The Balaban J connectivity index is 0.000000550. The van der Waals surface area contributed by atoms with Gasteiger partial charge in [-0.3, -0.25) is 0 Å². The van der Waals surface area contributed by atoms with Gasteiger partial charge in [0.1, 0.15) is 0 Å². The monoisotopic (exact) mass is 350 g/mol. The summed E-state index contributed by atoms with van der Waals surface area (Å²) in [6.07, 6.45) is 10.5. The molecule has 0 spiro atoms.